The van der Waals surface area contributed by atoms with Crippen LogP contribution in [0.2, 0.25) is 5.15 Å². The molecule has 1 aromatic rings. The van der Waals surface area contributed by atoms with E-state index in [-0.39, 0.29) is 10.0 Å². The zero-order valence-corrected chi connectivity index (χ0v) is 11.5. The smallest absolute Gasteiger partial charge is 0.240 e. The summed E-state index contributed by atoms with van der Waals surface area (Å²) in [6.07, 6.45) is 7.74. The molecule has 1 N–H and O–H groups in total. The fourth-order valence-corrected chi connectivity index (χ4v) is 3.23. The molecule has 0 amide bonds. The van der Waals surface area contributed by atoms with Crippen LogP contribution < -0.4 is 4.72 Å². The maximum absolute atomic E-state index is 11.9. The fourth-order valence-electron chi connectivity index (χ4n) is 1.95. The number of rotatable bonds is 5. The summed E-state index contributed by atoms with van der Waals surface area (Å²) in [6.45, 7) is 0.425. The Labute approximate surface area is 112 Å². The summed E-state index contributed by atoms with van der Waals surface area (Å²) in [5.41, 5.74) is 1.34. The second-order valence-electron chi connectivity index (χ2n) is 4.22. The molecular weight excluding hydrogens is 272 g/mol. The first kappa shape index (κ1) is 13.5. The van der Waals surface area contributed by atoms with E-state index in [0.29, 0.717) is 6.54 Å². The van der Waals surface area contributed by atoms with Crippen LogP contribution in [-0.4, -0.2) is 19.9 Å². The molecule has 0 aromatic carbocycles. The quantitative estimate of drug-likeness (QED) is 0.668. The molecular formula is C12H15ClN2O2S. The van der Waals surface area contributed by atoms with Crippen molar-refractivity contribution in [2.75, 3.05) is 6.54 Å². The highest BCUT2D eigenvalue weighted by atomic mass is 35.5. The average Bonchev–Trinajstić information content (AvgIpc) is 2.82. The van der Waals surface area contributed by atoms with Crippen LogP contribution in [0.5, 0.6) is 0 Å². The molecule has 1 aliphatic carbocycles. The fraction of sp³-hybridized carbons (Fsp3) is 0.417. The van der Waals surface area contributed by atoms with E-state index in [9.17, 15) is 8.42 Å². The number of aromatic nitrogens is 1. The van der Waals surface area contributed by atoms with Gasteiger partial charge in [-0.05, 0) is 37.8 Å². The van der Waals surface area contributed by atoms with Crippen molar-refractivity contribution in [1.82, 2.24) is 9.71 Å². The van der Waals surface area contributed by atoms with Crippen LogP contribution in [0.1, 0.15) is 25.7 Å². The second-order valence-corrected chi connectivity index (χ2v) is 6.37. The van der Waals surface area contributed by atoms with Crippen LogP contribution in [0.4, 0.5) is 0 Å². The van der Waals surface area contributed by atoms with Crippen molar-refractivity contribution >= 4 is 21.6 Å². The van der Waals surface area contributed by atoms with E-state index in [1.165, 1.54) is 30.3 Å². The highest BCUT2D eigenvalue weighted by Gasteiger charge is 2.14. The summed E-state index contributed by atoms with van der Waals surface area (Å²) in [6, 6.07) is 2.78. The van der Waals surface area contributed by atoms with Gasteiger partial charge in [0, 0.05) is 12.7 Å². The van der Waals surface area contributed by atoms with Crippen molar-refractivity contribution in [1.29, 1.82) is 0 Å². The van der Waals surface area contributed by atoms with Crippen LogP contribution in [0, 0.1) is 0 Å². The van der Waals surface area contributed by atoms with Gasteiger partial charge in [0.1, 0.15) is 5.15 Å². The van der Waals surface area contributed by atoms with E-state index in [0.717, 1.165) is 19.3 Å². The van der Waals surface area contributed by atoms with E-state index in [1.54, 1.807) is 0 Å². The van der Waals surface area contributed by atoms with Crippen molar-refractivity contribution in [3.05, 3.63) is 35.1 Å². The molecule has 18 heavy (non-hydrogen) atoms. The van der Waals surface area contributed by atoms with Crippen LogP contribution in [0.3, 0.4) is 0 Å². The first-order chi connectivity index (χ1) is 8.58. The van der Waals surface area contributed by atoms with Gasteiger partial charge in [0.05, 0.1) is 4.90 Å². The number of nitrogens with zero attached hydrogens (tertiary/aromatic N) is 1. The normalized spacial score (nSPS) is 15.7. The van der Waals surface area contributed by atoms with E-state index < -0.39 is 10.0 Å². The largest absolute Gasteiger partial charge is 0.244 e. The average molecular weight is 287 g/mol. The Kier molecular flexibility index (Phi) is 4.37. The van der Waals surface area contributed by atoms with E-state index >= 15 is 0 Å². The summed E-state index contributed by atoms with van der Waals surface area (Å²) in [5, 5.41) is 0.177. The molecule has 4 nitrogen and oxygen atoms in total. The van der Waals surface area contributed by atoms with Gasteiger partial charge in [0.2, 0.25) is 10.0 Å². The van der Waals surface area contributed by atoms with Crippen molar-refractivity contribution in [2.45, 2.75) is 30.6 Å². The number of hydrogen-bond acceptors (Lipinski definition) is 3. The minimum absolute atomic E-state index is 0.155. The Hall–Kier alpha value is -0.910. The number of sulfonamides is 1. The summed E-state index contributed by atoms with van der Waals surface area (Å²) < 4.78 is 26.5. The van der Waals surface area contributed by atoms with E-state index in [2.05, 4.69) is 15.8 Å². The third kappa shape index (κ3) is 3.54. The molecule has 0 saturated heterocycles. The predicted molar refractivity (Wildman–Crippen MR) is 71.0 cm³/mol. The molecule has 0 saturated carbocycles. The van der Waals surface area contributed by atoms with E-state index in [4.69, 9.17) is 11.6 Å². The Morgan fingerprint density at radius 1 is 1.44 bits per heavy atom. The SMILES string of the molecule is O=S(=O)(NCCC1=CCCC1)c1ccnc(Cl)c1. The summed E-state index contributed by atoms with van der Waals surface area (Å²) >= 11 is 5.68. The minimum atomic E-state index is -3.48. The summed E-state index contributed by atoms with van der Waals surface area (Å²) in [4.78, 5) is 3.92. The number of hydrogen-bond donors (Lipinski definition) is 1. The molecule has 1 heterocycles. The molecule has 98 valence electrons. The van der Waals surface area contributed by atoms with Gasteiger partial charge in [-0.15, -0.1) is 0 Å². The minimum Gasteiger partial charge on any atom is -0.244 e. The Bertz CT molecular complexity index is 555. The lowest BCUT2D eigenvalue weighted by molar-refractivity contribution is 0.581. The molecule has 6 heteroatoms. The van der Waals surface area contributed by atoms with Crippen molar-refractivity contribution in [2.24, 2.45) is 0 Å². The highest BCUT2D eigenvalue weighted by molar-refractivity contribution is 7.89. The number of nitrogens with one attached hydrogen (secondary N) is 1. The number of allylic oxidation sites excluding steroid dienone is 1. The monoisotopic (exact) mass is 286 g/mol. The molecule has 2 rings (SSSR count). The maximum Gasteiger partial charge on any atom is 0.240 e. The molecule has 0 radical (unpaired) electrons. The summed E-state index contributed by atoms with van der Waals surface area (Å²) in [7, 11) is -3.48. The zero-order chi connectivity index (χ0) is 13.0. The van der Waals surface area contributed by atoms with Gasteiger partial charge in [-0.1, -0.05) is 23.3 Å². The maximum atomic E-state index is 11.9. The Balaban J connectivity index is 1.95. The number of pyridine rings is 1. The molecule has 0 fully saturated rings. The third-order valence-electron chi connectivity index (χ3n) is 2.88. The lowest BCUT2D eigenvalue weighted by atomic mass is 10.2. The first-order valence-corrected chi connectivity index (χ1v) is 7.73. The van der Waals surface area contributed by atoms with Crippen molar-refractivity contribution in [3.8, 4) is 0 Å². The molecule has 1 aromatic heterocycles. The molecule has 0 unspecified atom stereocenters. The predicted octanol–water partition coefficient (Wildman–Crippen LogP) is 2.51. The molecule has 0 spiro atoms. The van der Waals surface area contributed by atoms with Gasteiger partial charge in [0.25, 0.3) is 0 Å². The van der Waals surface area contributed by atoms with E-state index in [1.807, 2.05) is 0 Å². The first-order valence-electron chi connectivity index (χ1n) is 5.87. The molecule has 0 aliphatic heterocycles. The molecule has 0 atom stereocenters. The second kappa shape index (κ2) is 5.82. The van der Waals surface area contributed by atoms with Crippen LogP contribution in [0.15, 0.2) is 34.9 Å². The lowest BCUT2D eigenvalue weighted by Crippen LogP contribution is -2.25. The van der Waals surface area contributed by atoms with Crippen LogP contribution in [-0.2, 0) is 10.0 Å². The zero-order valence-electron chi connectivity index (χ0n) is 9.89. The van der Waals surface area contributed by atoms with Crippen molar-refractivity contribution in [3.63, 3.8) is 0 Å². The van der Waals surface area contributed by atoms with Gasteiger partial charge < -0.3 is 0 Å². The van der Waals surface area contributed by atoms with Crippen LogP contribution in [0.25, 0.3) is 0 Å². The Morgan fingerprint density at radius 3 is 2.94 bits per heavy atom. The highest BCUT2D eigenvalue weighted by Crippen LogP contribution is 2.20. The van der Waals surface area contributed by atoms with Crippen LogP contribution >= 0.6 is 11.6 Å². The van der Waals surface area contributed by atoms with Gasteiger partial charge >= 0.3 is 0 Å². The number of halogens is 1. The van der Waals surface area contributed by atoms with Gasteiger partial charge in [-0.25, -0.2) is 18.1 Å². The standard InChI is InChI=1S/C12H15ClN2O2S/c13-12-9-11(6-7-14-12)18(16,17)15-8-5-10-3-1-2-4-10/h3,6-7,9,15H,1-2,4-5,8H2. The molecule has 0 bridgehead atoms. The third-order valence-corrected chi connectivity index (χ3v) is 4.55. The van der Waals surface area contributed by atoms with Crippen molar-refractivity contribution < 1.29 is 8.42 Å². The van der Waals surface area contributed by atoms with Gasteiger partial charge in [-0.3, -0.25) is 0 Å². The summed E-state index contributed by atoms with van der Waals surface area (Å²) in [5.74, 6) is 0. The Morgan fingerprint density at radius 2 is 2.28 bits per heavy atom. The van der Waals surface area contributed by atoms with Gasteiger partial charge in [-0.2, -0.15) is 0 Å². The lowest BCUT2D eigenvalue weighted by Gasteiger charge is -2.07. The van der Waals surface area contributed by atoms with Gasteiger partial charge in [0.15, 0.2) is 0 Å². The topological polar surface area (TPSA) is 59.1 Å². The molecule has 1 aliphatic rings.